The highest BCUT2D eigenvalue weighted by Gasteiger charge is 2.13. The summed E-state index contributed by atoms with van der Waals surface area (Å²) in [5.41, 5.74) is 0. The summed E-state index contributed by atoms with van der Waals surface area (Å²) in [5.74, 6) is 4.61. The first-order chi connectivity index (χ1) is 10.9. The van der Waals surface area contributed by atoms with Gasteiger partial charge >= 0.3 is 0 Å². The zero-order valence-electron chi connectivity index (χ0n) is 17.7. The van der Waals surface area contributed by atoms with Crippen molar-refractivity contribution in [2.75, 3.05) is 0 Å². The molecule has 0 nitrogen and oxygen atoms in total. The van der Waals surface area contributed by atoms with Crippen LogP contribution in [0.25, 0.3) is 0 Å². The van der Waals surface area contributed by atoms with Crippen LogP contribution in [0.2, 0.25) is 0 Å². The fraction of sp³-hybridized carbons (Fsp3) is 1.00. The van der Waals surface area contributed by atoms with E-state index in [0.29, 0.717) is 0 Å². The van der Waals surface area contributed by atoms with Crippen LogP contribution in [0, 0.1) is 29.6 Å². The predicted molar refractivity (Wildman–Crippen MR) is 108 cm³/mol. The van der Waals surface area contributed by atoms with Crippen molar-refractivity contribution >= 4 is 0 Å². The van der Waals surface area contributed by atoms with Gasteiger partial charge in [0, 0.05) is 0 Å². The average molecular weight is 325 g/mol. The van der Waals surface area contributed by atoms with Gasteiger partial charge in [0.1, 0.15) is 0 Å². The molecule has 0 aromatic rings. The van der Waals surface area contributed by atoms with Crippen LogP contribution in [0.1, 0.15) is 119 Å². The van der Waals surface area contributed by atoms with E-state index in [-0.39, 0.29) is 0 Å². The largest absolute Gasteiger partial charge is 0.0654 e. The molecule has 0 fully saturated rings. The Hall–Kier alpha value is 0. The second kappa shape index (κ2) is 14.4. The minimum Gasteiger partial charge on any atom is -0.0654 e. The van der Waals surface area contributed by atoms with Gasteiger partial charge in [0.05, 0.1) is 0 Å². The number of hydrogen-bond acceptors (Lipinski definition) is 0. The Labute approximate surface area is 149 Å². The highest BCUT2D eigenvalue weighted by atomic mass is 14.2. The molecule has 0 aliphatic heterocycles. The third-order valence-electron chi connectivity index (χ3n) is 6.40. The van der Waals surface area contributed by atoms with Crippen LogP contribution in [0.5, 0.6) is 0 Å². The normalized spacial score (nSPS) is 18.4. The summed E-state index contributed by atoms with van der Waals surface area (Å²) in [7, 11) is 0. The lowest BCUT2D eigenvalue weighted by Gasteiger charge is -2.21. The van der Waals surface area contributed by atoms with E-state index in [1.807, 2.05) is 0 Å². The minimum absolute atomic E-state index is 0.915. The van der Waals surface area contributed by atoms with E-state index in [0.717, 1.165) is 29.6 Å². The van der Waals surface area contributed by atoms with Gasteiger partial charge in [0.2, 0.25) is 0 Å². The van der Waals surface area contributed by atoms with Crippen molar-refractivity contribution in [1.29, 1.82) is 0 Å². The highest BCUT2D eigenvalue weighted by Crippen LogP contribution is 2.26. The van der Waals surface area contributed by atoms with Crippen LogP contribution in [0.4, 0.5) is 0 Å². The Kier molecular flexibility index (Phi) is 14.4. The summed E-state index contributed by atoms with van der Waals surface area (Å²) in [5, 5.41) is 0. The van der Waals surface area contributed by atoms with E-state index in [1.54, 1.807) is 0 Å². The zero-order valence-corrected chi connectivity index (χ0v) is 17.7. The minimum atomic E-state index is 0.915. The van der Waals surface area contributed by atoms with Crippen LogP contribution in [-0.2, 0) is 0 Å². The van der Waals surface area contributed by atoms with Gasteiger partial charge in [-0.1, -0.05) is 119 Å². The van der Waals surface area contributed by atoms with Crippen molar-refractivity contribution in [2.24, 2.45) is 29.6 Å². The van der Waals surface area contributed by atoms with Crippen molar-refractivity contribution in [3.05, 3.63) is 0 Å². The molecule has 0 spiro atoms. The molecule has 0 N–H and O–H groups in total. The van der Waals surface area contributed by atoms with Crippen molar-refractivity contribution in [1.82, 2.24) is 0 Å². The predicted octanol–water partition coefficient (Wildman–Crippen LogP) is 8.50. The van der Waals surface area contributed by atoms with E-state index in [9.17, 15) is 0 Å². The molecule has 0 aliphatic carbocycles. The van der Waals surface area contributed by atoms with Gasteiger partial charge in [-0.3, -0.25) is 0 Å². The first-order valence-corrected chi connectivity index (χ1v) is 10.9. The molecule has 0 saturated carbocycles. The maximum absolute atomic E-state index is 2.48. The molecule has 0 bridgehead atoms. The van der Waals surface area contributed by atoms with Crippen LogP contribution in [0.3, 0.4) is 0 Å². The van der Waals surface area contributed by atoms with E-state index in [4.69, 9.17) is 0 Å². The van der Waals surface area contributed by atoms with Gasteiger partial charge < -0.3 is 0 Å². The fourth-order valence-corrected chi connectivity index (χ4v) is 3.88. The Morgan fingerprint density at radius 1 is 0.435 bits per heavy atom. The maximum atomic E-state index is 2.48. The van der Waals surface area contributed by atoms with Crippen LogP contribution in [-0.4, -0.2) is 0 Å². The molecule has 0 saturated heterocycles. The highest BCUT2D eigenvalue weighted by molar-refractivity contribution is 4.65. The number of unbranched alkanes of at least 4 members (excludes halogenated alkanes) is 2. The van der Waals surface area contributed by atoms with Crippen LogP contribution >= 0.6 is 0 Å². The molecule has 5 unspecified atom stereocenters. The van der Waals surface area contributed by atoms with Gasteiger partial charge in [-0.05, 0) is 29.6 Å². The number of rotatable bonds is 15. The molecule has 0 radical (unpaired) electrons. The lowest BCUT2D eigenvalue weighted by molar-refractivity contribution is 0.304. The van der Waals surface area contributed by atoms with E-state index in [2.05, 4.69) is 48.5 Å². The average Bonchev–Trinajstić information content (AvgIpc) is 2.52. The first-order valence-electron chi connectivity index (χ1n) is 10.9. The monoisotopic (exact) mass is 324 g/mol. The van der Waals surface area contributed by atoms with Gasteiger partial charge in [-0.15, -0.1) is 0 Å². The smallest absolute Gasteiger partial charge is 0.0417 e. The molecular weight excluding hydrogens is 276 g/mol. The maximum Gasteiger partial charge on any atom is -0.0417 e. The zero-order chi connectivity index (χ0) is 17.7. The standard InChI is InChI=1S/C23H48/c1-8-13-20(4)22(6)16-12-10-11-15-19(3)17-18-23(7)21(5)14-9-2/h19-23H,8-18H2,1-7H3. The molecule has 0 heteroatoms. The summed E-state index contributed by atoms with van der Waals surface area (Å²) in [6.45, 7) is 16.9. The van der Waals surface area contributed by atoms with Crippen molar-refractivity contribution in [2.45, 2.75) is 119 Å². The van der Waals surface area contributed by atoms with Crippen molar-refractivity contribution in [3.8, 4) is 0 Å². The van der Waals surface area contributed by atoms with Gasteiger partial charge in [0.15, 0.2) is 0 Å². The van der Waals surface area contributed by atoms with Gasteiger partial charge in [-0.25, -0.2) is 0 Å². The van der Waals surface area contributed by atoms with Crippen molar-refractivity contribution in [3.63, 3.8) is 0 Å². The molecule has 0 aromatic heterocycles. The molecule has 23 heavy (non-hydrogen) atoms. The summed E-state index contributed by atoms with van der Waals surface area (Å²) in [6, 6.07) is 0. The summed E-state index contributed by atoms with van der Waals surface area (Å²) >= 11 is 0. The lowest BCUT2D eigenvalue weighted by atomic mass is 9.85. The molecule has 0 heterocycles. The van der Waals surface area contributed by atoms with E-state index in [1.165, 1.54) is 70.6 Å². The Balaban J connectivity index is 3.61. The molecular formula is C23H48. The molecule has 140 valence electrons. The van der Waals surface area contributed by atoms with Crippen LogP contribution in [0.15, 0.2) is 0 Å². The second-order valence-electron chi connectivity index (χ2n) is 8.81. The third kappa shape index (κ3) is 12.1. The molecule has 0 aliphatic rings. The second-order valence-corrected chi connectivity index (χ2v) is 8.81. The molecule has 5 atom stereocenters. The fourth-order valence-electron chi connectivity index (χ4n) is 3.88. The SMILES string of the molecule is CCCC(C)C(C)CCCCCC(C)CCC(C)C(C)CCC. The van der Waals surface area contributed by atoms with E-state index >= 15 is 0 Å². The van der Waals surface area contributed by atoms with Gasteiger partial charge in [0.25, 0.3) is 0 Å². The van der Waals surface area contributed by atoms with Crippen LogP contribution < -0.4 is 0 Å². The molecule has 0 amide bonds. The van der Waals surface area contributed by atoms with Gasteiger partial charge in [-0.2, -0.15) is 0 Å². The summed E-state index contributed by atoms with van der Waals surface area (Å²) in [4.78, 5) is 0. The first kappa shape index (κ1) is 23.0. The lowest BCUT2D eigenvalue weighted by Crippen LogP contribution is -2.09. The molecule has 0 aromatic carbocycles. The Morgan fingerprint density at radius 3 is 1.39 bits per heavy atom. The third-order valence-corrected chi connectivity index (χ3v) is 6.40. The summed E-state index contributed by atoms with van der Waals surface area (Å²) < 4.78 is 0. The number of hydrogen-bond donors (Lipinski definition) is 0. The topological polar surface area (TPSA) is 0 Å². The van der Waals surface area contributed by atoms with E-state index < -0.39 is 0 Å². The molecule has 0 rings (SSSR count). The Bertz CT molecular complexity index is 244. The quantitative estimate of drug-likeness (QED) is 0.265. The van der Waals surface area contributed by atoms with Crippen molar-refractivity contribution < 1.29 is 0 Å². The summed E-state index contributed by atoms with van der Waals surface area (Å²) in [6.07, 6.45) is 15.6. The Morgan fingerprint density at radius 2 is 0.870 bits per heavy atom.